The number of hydrogen-bond donors (Lipinski definition) is 2. The van der Waals surface area contributed by atoms with Gasteiger partial charge < -0.3 is 15.4 Å². The molecule has 1 saturated carbocycles. The van der Waals surface area contributed by atoms with Gasteiger partial charge >= 0.3 is 6.09 Å². The molecule has 0 radical (unpaired) electrons. The number of hydrogen-bond acceptors (Lipinski definition) is 3. The fraction of sp³-hybridized carbons (Fsp3) is 0.750. The van der Waals surface area contributed by atoms with Crippen molar-refractivity contribution in [2.75, 3.05) is 6.54 Å². The normalized spacial score (nSPS) is 17.1. The average molecular weight is 296 g/mol. The van der Waals surface area contributed by atoms with Crippen LogP contribution in [0, 0.1) is 5.92 Å². The third-order valence-corrected chi connectivity index (χ3v) is 3.24. The van der Waals surface area contributed by atoms with Crippen molar-refractivity contribution in [2.45, 2.75) is 65.5 Å². The lowest BCUT2D eigenvalue weighted by molar-refractivity contribution is -0.118. The molecular formula is C16H28N2O3. The Morgan fingerprint density at radius 1 is 1.33 bits per heavy atom. The highest BCUT2D eigenvalue weighted by molar-refractivity contribution is 5.93. The van der Waals surface area contributed by atoms with Crippen molar-refractivity contribution in [1.29, 1.82) is 0 Å². The lowest BCUT2D eigenvalue weighted by Crippen LogP contribution is -2.46. The summed E-state index contributed by atoms with van der Waals surface area (Å²) in [4.78, 5) is 23.7. The van der Waals surface area contributed by atoms with Crippen molar-refractivity contribution >= 4 is 12.0 Å². The van der Waals surface area contributed by atoms with Crippen LogP contribution in [0.2, 0.25) is 0 Å². The minimum Gasteiger partial charge on any atom is -0.444 e. The van der Waals surface area contributed by atoms with Crippen molar-refractivity contribution in [3.8, 4) is 0 Å². The summed E-state index contributed by atoms with van der Waals surface area (Å²) >= 11 is 0. The van der Waals surface area contributed by atoms with Gasteiger partial charge in [0.1, 0.15) is 5.60 Å². The van der Waals surface area contributed by atoms with Crippen molar-refractivity contribution in [2.24, 2.45) is 5.92 Å². The zero-order valence-corrected chi connectivity index (χ0v) is 13.8. The molecule has 0 aromatic carbocycles. The van der Waals surface area contributed by atoms with E-state index >= 15 is 0 Å². The van der Waals surface area contributed by atoms with Gasteiger partial charge in [-0.15, -0.1) is 0 Å². The average Bonchev–Trinajstić information content (AvgIpc) is 3.16. The summed E-state index contributed by atoms with van der Waals surface area (Å²) in [5.41, 5.74) is 0.212. The Hall–Kier alpha value is -1.52. The Kier molecular flexibility index (Phi) is 6.24. The Morgan fingerprint density at radius 2 is 1.95 bits per heavy atom. The van der Waals surface area contributed by atoms with E-state index in [0.29, 0.717) is 12.5 Å². The van der Waals surface area contributed by atoms with E-state index in [1.165, 1.54) is 0 Å². The Morgan fingerprint density at radius 3 is 2.43 bits per heavy atom. The first kappa shape index (κ1) is 17.5. The van der Waals surface area contributed by atoms with Crippen LogP contribution in [-0.2, 0) is 9.53 Å². The number of rotatable bonds is 6. The van der Waals surface area contributed by atoms with E-state index in [1.807, 2.05) is 40.7 Å². The van der Waals surface area contributed by atoms with Gasteiger partial charge in [-0.3, -0.25) is 4.79 Å². The molecule has 0 unspecified atom stereocenters. The summed E-state index contributed by atoms with van der Waals surface area (Å²) in [6, 6.07) is -0.0229. The standard InChI is InChI=1S/C16H28N2O3/c1-6-7-11(2)14(19)18-13(12-8-9-12)10-17-15(20)21-16(3,4)5/h7,12-13H,6,8-10H2,1-5H3,(H,17,20)(H,18,19)/b11-7-/t13-/m0/s1. The van der Waals surface area contributed by atoms with E-state index in [0.717, 1.165) is 24.8 Å². The van der Waals surface area contributed by atoms with Crippen LogP contribution < -0.4 is 10.6 Å². The minimum absolute atomic E-state index is 0.0229. The highest BCUT2D eigenvalue weighted by Crippen LogP contribution is 2.32. The first-order valence-corrected chi connectivity index (χ1v) is 7.67. The lowest BCUT2D eigenvalue weighted by atomic mass is 10.1. The topological polar surface area (TPSA) is 67.4 Å². The van der Waals surface area contributed by atoms with E-state index in [2.05, 4.69) is 10.6 Å². The maximum Gasteiger partial charge on any atom is 0.407 e. The zero-order chi connectivity index (χ0) is 16.0. The highest BCUT2D eigenvalue weighted by atomic mass is 16.6. The number of alkyl carbamates (subject to hydrolysis) is 1. The molecule has 5 nitrogen and oxygen atoms in total. The first-order chi connectivity index (χ1) is 9.73. The second kappa shape index (κ2) is 7.48. The summed E-state index contributed by atoms with van der Waals surface area (Å²) in [6.07, 6.45) is 4.49. The molecule has 2 N–H and O–H groups in total. The number of amides is 2. The molecule has 1 rings (SSSR count). The van der Waals surface area contributed by atoms with Crippen LogP contribution in [0.4, 0.5) is 4.79 Å². The fourth-order valence-electron chi connectivity index (χ4n) is 2.02. The smallest absolute Gasteiger partial charge is 0.407 e. The van der Waals surface area contributed by atoms with Crippen LogP contribution in [0.15, 0.2) is 11.6 Å². The van der Waals surface area contributed by atoms with E-state index in [-0.39, 0.29) is 11.9 Å². The van der Waals surface area contributed by atoms with Gasteiger partial charge in [0.25, 0.3) is 0 Å². The predicted octanol–water partition coefficient (Wildman–Crippen LogP) is 2.76. The maximum atomic E-state index is 12.0. The molecule has 0 aromatic rings. The monoisotopic (exact) mass is 296 g/mol. The third kappa shape index (κ3) is 7.16. The summed E-state index contributed by atoms with van der Waals surface area (Å²) in [5.74, 6) is 0.401. The molecule has 0 aliphatic heterocycles. The van der Waals surface area contributed by atoms with Crippen LogP contribution in [0.3, 0.4) is 0 Å². The fourth-order valence-corrected chi connectivity index (χ4v) is 2.02. The molecule has 21 heavy (non-hydrogen) atoms. The molecule has 1 fully saturated rings. The van der Waals surface area contributed by atoms with Crippen molar-refractivity contribution in [1.82, 2.24) is 10.6 Å². The Labute approximate surface area is 127 Å². The van der Waals surface area contributed by atoms with Gasteiger partial charge in [-0.2, -0.15) is 0 Å². The summed E-state index contributed by atoms with van der Waals surface area (Å²) < 4.78 is 5.21. The van der Waals surface area contributed by atoms with Crippen LogP contribution in [-0.4, -0.2) is 30.2 Å². The molecule has 5 heteroatoms. The van der Waals surface area contributed by atoms with Gasteiger partial charge in [0.2, 0.25) is 5.91 Å². The number of carbonyl (C=O) groups is 2. The second-order valence-corrected chi connectivity index (χ2v) is 6.60. The molecule has 0 spiro atoms. The molecular weight excluding hydrogens is 268 g/mol. The molecule has 1 aliphatic carbocycles. The highest BCUT2D eigenvalue weighted by Gasteiger charge is 2.33. The second-order valence-electron chi connectivity index (χ2n) is 6.60. The number of nitrogens with one attached hydrogen (secondary N) is 2. The molecule has 120 valence electrons. The van der Waals surface area contributed by atoms with Gasteiger partial charge in [-0.1, -0.05) is 13.0 Å². The van der Waals surface area contributed by atoms with E-state index in [9.17, 15) is 9.59 Å². The maximum absolute atomic E-state index is 12.0. The number of allylic oxidation sites excluding steroid dienone is 1. The van der Waals surface area contributed by atoms with Gasteiger partial charge in [0.15, 0.2) is 0 Å². The molecule has 0 aromatic heterocycles. The predicted molar refractivity (Wildman–Crippen MR) is 82.9 cm³/mol. The third-order valence-electron chi connectivity index (χ3n) is 3.24. The van der Waals surface area contributed by atoms with Crippen LogP contribution in [0.1, 0.15) is 53.9 Å². The minimum atomic E-state index is -0.511. The van der Waals surface area contributed by atoms with Crippen LogP contribution >= 0.6 is 0 Å². The van der Waals surface area contributed by atoms with Gasteiger partial charge in [0.05, 0.1) is 0 Å². The largest absolute Gasteiger partial charge is 0.444 e. The number of carbonyl (C=O) groups excluding carboxylic acids is 2. The Bertz CT molecular complexity index is 406. The van der Waals surface area contributed by atoms with Gasteiger partial charge in [0, 0.05) is 18.2 Å². The van der Waals surface area contributed by atoms with E-state index in [1.54, 1.807) is 0 Å². The lowest BCUT2D eigenvalue weighted by Gasteiger charge is -2.22. The van der Waals surface area contributed by atoms with Crippen LogP contribution in [0.25, 0.3) is 0 Å². The van der Waals surface area contributed by atoms with E-state index in [4.69, 9.17) is 4.74 Å². The molecule has 1 aliphatic rings. The summed E-state index contributed by atoms with van der Waals surface area (Å²) in [6.45, 7) is 9.69. The van der Waals surface area contributed by atoms with E-state index < -0.39 is 11.7 Å². The first-order valence-electron chi connectivity index (χ1n) is 7.67. The van der Waals surface area contributed by atoms with Crippen molar-refractivity contribution in [3.63, 3.8) is 0 Å². The van der Waals surface area contributed by atoms with Gasteiger partial charge in [-0.25, -0.2) is 4.79 Å². The molecule has 0 heterocycles. The molecule has 1 atom stereocenters. The molecule has 2 amide bonds. The quantitative estimate of drug-likeness (QED) is 0.741. The van der Waals surface area contributed by atoms with Crippen LogP contribution in [0.5, 0.6) is 0 Å². The molecule has 0 saturated heterocycles. The van der Waals surface area contributed by atoms with Crippen molar-refractivity contribution in [3.05, 3.63) is 11.6 Å². The SMILES string of the molecule is CC/C=C(/C)C(=O)N[C@@H](CNC(=O)OC(C)(C)C)C1CC1. The van der Waals surface area contributed by atoms with Crippen molar-refractivity contribution < 1.29 is 14.3 Å². The Balaban J connectivity index is 2.46. The zero-order valence-electron chi connectivity index (χ0n) is 13.8. The molecule has 0 bridgehead atoms. The number of ether oxygens (including phenoxy) is 1. The summed E-state index contributed by atoms with van der Waals surface area (Å²) in [7, 11) is 0. The van der Waals surface area contributed by atoms with Gasteiger partial charge in [-0.05, 0) is 52.9 Å². The summed E-state index contributed by atoms with van der Waals surface area (Å²) in [5, 5.41) is 5.75.